The molecule has 0 aliphatic rings. The Morgan fingerprint density at radius 2 is 2.14 bits per heavy atom. The highest BCUT2D eigenvalue weighted by atomic mass is 16.6. The molecule has 0 aliphatic heterocycles. The van der Waals surface area contributed by atoms with Crippen molar-refractivity contribution in [2.75, 3.05) is 0 Å². The smallest absolute Gasteiger partial charge is 0.342 e. The molecule has 0 radical (unpaired) electrons. The minimum absolute atomic E-state index is 0.0236. The van der Waals surface area contributed by atoms with Gasteiger partial charge in [0.2, 0.25) is 5.88 Å². The molecule has 9 nitrogen and oxygen atoms in total. The van der Waals surface area contributed by atoms with Gasteiger partial charge in [0.05, 0.1) is 11.0 Å². The molecule has 0 aliphatic carbocycles. The molecule has 0 amide bonds. The van der Waals surface area contributed by atoms with Crippen LogP contribution in [-0.2, 0) is 0 Å². The number of nitrogens with one attached hydrogen (secondary N) is 1. The number of carboxylic acids is 1. The third-order valence-corrected chi connectivity index (χ3v) is 2.45. The molecule has 0 atom stereocenters. The molecule has 2 N–H and O–H groups in total. The Labute approximate surface area is 117 Å². The highest BCUT2D eigenvalue weighted by Crippen LogP contribution is 2.26. The maximum Gasteiger partial charge on any atom is 0.342 e. The number of rotatable bonds is 4. The number of carboxylic acid groups (broad SMARTS) is 1. The zero-order valence-corrected chi connectivity index (χ0v) is 10.7. The van der Waals surface area contributed by atoms with E-state index < -0.39 is 27.7 Å². The van der Waals surface area contributed by atoms with Gasteiger partial charge in [-0.05, 0) is 13.0 Å². The first kappa shape index (κ1) is 14.2. The lowest BCUT2D eigenvalue weighted by molar-refractivity contribution is -0.385. The van der Waals surface area contributed by atoms with Crippen LogP contribution in [0.2, 0.25) is 0 Å². The lowest BCUT2D eigenvalue weighted by Gasteiger charge is -2.06. The van der Waals surface area contributed by atoms with Crippen molar-refractivity contribution in [1.29, 1.82) is 0 Å². The minimum Gasteiger partial charge on any atom is -0.477 e. The summed E-state index contributed by atoms with van der Waals surface area (Å²) in [6.45, 7) is 1.55. The van der Waals surface area contributed by atoms with Gasteiger partial charge < -0.3 is 14.8 Å². The van der Waals surface area contributed by atoms with Gasteiger partial charge in [0.25, 0.3) is 11.2 Å². The van der Waals surface area contributed by atoms with Gasteiger partial charge in [-0.2, -0.15) is 0 Å². The third-order valence-electron chi connectivity index (χ3n) is 2.45. The van der Waals surface area contributed by atoms with Crippen molar-refractivity contribution in [1.82, 2.24) is 9.97 Å². The lowest BCUT2D eigenvalue weighted by atomic mass is 10.1. The van der Waals surface area contributed by atoms with Crippen molar-refractivity contribution >= 4 is 11.7 Å². The summed E-state index contributed by atoms with van der Waals surface area (Å²) < 4.78 is 5.25. The predicted molar refractivity (Wildman–Crippen MR) is 69.7 cm³/mol. The van der Waals surface area contributed by atoms with Crippen LogP contribution in [0.5, 0.6) is 11.6 Å². The SMILES string of the molecule is Cc1nc(Oc2ccc([N+](=O)[O-])c(C(=O)O)c2)cc(=O)[nH]1. The van der Waals surface area contributed by atoms with E-state index in [4.69, 9.17) is 9.84 Å². The van der Waals surface area contributed by atoms with Crippen LogP contribution in [0, 0.1) is 17.0 Å². The number of aromatic carboxylic acids is 1. The number of nitro groups is 1. The standard InChI is InChI=1S/C12H9N3O6/c1-6-13-10(16)5-11(14-6)21-7-2-3-9(15(19)20)8(4-7)12(17)18/h2-5H,1H3,(H,17,18)(H,13,14,16). The number of H-pyrrole nitrogens is 1. The average molecular weight is 291 g/mol. The van der Waals surface area contributed by atoms with Gasteiger partial charge in [-0.15, -0.1) is 0 Å². The summed E-state index contributed by atoms with van der Waals surface area (Å²) in [6, 6.07) is 4.31. The molecule has 9 heteroatoms. The van der Waals surface area contributed by atoms with E-state index in [0.29, 0.717) is 5.82 Å². The predicted octanol–water partition coefficient (Wildman–Crippen LogP) is 1.48. The zero-order chi connectivity index (χ0) is 15.6. The van der Waals surface area contributed by atoms with Crippen molar-refractivity contribution in [2.24, 2.45) is 0 Å². The topological polar surface area (TPSA) is 135 Å². The van der Waals surface area contributed by atoms with Crippen molar-refractivity contribution in [3.05, 3.63) is 56.1 Å². The number of hydrogen-bond acceptors (Lipinski definition) is 6. The van der Waals surface area contributed by atoms with Crippen LogP contribution >= 0.6 is 0 Å². The number of carbonyl (C=O) groups is 1. The van der Waals surface area contributed by atoms with E-state index in [0.717, 1.165) is 18.2 Å². The van der Waals surface area contributed by atoms with Crippen molar-refractivity contribution < 1.29 is 19.6 Å². The Morgan fingerprint density at radius 3 is 2.71 bits per heavy atom. The normalized spacial score (nSPS) is 10.1. The molecular weight excluding hydrogens is 282 g/mol. The van der Waals surface area contributed by atoms with Crippen LogP contribution in [0.1, 0.15) is 16.2 Å². The fourth-order valence-electron chi connectivity index (χ4n) is 1.63. The van der Waals surface area contributed by atoms with Gasteiger partial charge in [0.1, 0.15) is 17.1 Å². The zero-order valence-electron chi connectivity index (χ0n) is 10.7. The lowest BCUT2D eigenvalue weighted by Crippen LogP contribution is -2.08. The Balaban J connectivity index is 2.41. The highest BCUT2D eigenvalue weighted by Gasteiger charge is 2.20. The second-order valence-corrected chi connectivity index (χ2v) is 4.01. The summed E-state index contributed by atoms with van der Waals surface area (Å²) >= 11 is 0. The largest absolute Gasteiger partial charge is 0.477 e. The first-order valence-corrected chi connectivity index (χ1v) is 5.64. The first-order valence-electron chi connectivity index (χ1n) is 5.64. The molecule has 0 saturated heterocycles. The monoisotopic (exact) mass is 291 g/mol. The number of nitrogens with zero attached hydrogens (tertiary/aromatic N) is 2. The van der Waals surface area contributed by atoms with Crippen LogP contribution in [0.3, 0.4) is 0 Å². The maximum absolute atomic E-state index is 11.3. The fraction of sp³-hybridized carbons (Fsp3) is 0.0833. The molecular formula is C12H9N3O6. The summed E-state index contributed by atoms with van der Waals surface area (Å²) in [6.07, 6.45) is 0. The van der Waals surface area contributed by atoms with E-state index in [-0.39, 0.29) is 11.6 Å². The van der Waals surface area contributed by atoms with Gasteiger partial charge in [-0.25, -0.2) is 9.78 Å². The number of nitro benzene ring substituents is 1. The van der Waals surface area contributed by atoms with Crippen LogP contribution in [0.15, 0.2) is 29.1 Å². The van der Waals surface area contributed by atoms with Crippen LogP contribution < -0.4 is 10.3 Å². The number of hydrogen-bond donors (Lipinski definition) is 2. The van der Waals surface area contributed by atoms with Crippen molar-refractivity contribution in [3.8, 4) is 11.6 Å². The number of ether oxygens (including phenoxy) is 1. The van der Waals surface area contributed by atoms with Crippen LogP contribution in [0.25, 0.3) is 0 Å². The highest BCUT2D eigenvalue weighted by molar-refractivity contribution is 5.92. The van der Waals surface area contributed by atoms with Gasteiger partial charge in [-0.1, -0.05) is 0 Å². The molecule has 1 aromatic heterocycles. The fourth-order valence-corrected chi connectivity index (χ4v) is 1.63. The van der Waals surface area contributed by atoms with E-state index in [1.165, 1.54) is 6.07 Å². The van der Waals surface area contributed by atoms with Crippen LogP contribution in [0.4, 0.5) is 5.69 Å². The Morgan fingerprint density at radius 1 is 1.43 bits per heavy atom. The van der Waals surface area contributed by atoms with E-state index in [1.807, 2.05) is 0 Å². The molecule has 1 heterocycles. The van der Waals surface area contributed by atoms with E-state index in [2.05, 4.69) is 9.97 Å². The van der Waals surface area contributed by atoms with Crippen molar-refractivity contribution in [2.45, 2.75) is 6.92 Å². The average Bonchev–Trinajstić information content (AvgIpc) is 2.36. The molecule has 21 heavy (non-hydrogen) atoms. The summed E-state index contributed by atoms with van der Waals surface area (Å²) in [7, 11) is 0. The summed E-state index contributed by atoms with van der Waals surface area (Å²) in [4.78, 5) is 38.5. The molecule has 1 aromatic carbocycles. The summed E-state index contributed by atoms with van der Waals surface area (Å²) in [5.41, 5.74) is -1.50. The molecule has 0 unspecified atom stereocenters. The van der Waals surface area contributed by atoms with E-state index in [9.17, 15) is 19.7 Å². The van der Waals surface area contributed by atoms with Crippen molar-refractivity contribution in [3.63, 3.8) is 0 Å². The second-order valence-electron chi connectivity index (χ2n) is 4.01. The molecule has 0 saturated carbocycles. The first-order chi connectivity index (χ1) is 9.86. The molecule has 0 fully saturated rings. The third kappa shape index (κ3) is 3.21. The second kappa shape index (κ2) is 5.41. The van der Waals surface area contributed by atoms with Gasteiger partial charge in [0, 0.05) is 12.1 Å². The van der Waals surface area contributed by atoms with Crippen LogP contribution in [-0.4, -0.2) is 26.0 Å². The molecule has 2 aromatic rings. The minimum atomic E-state index is -1.46. The number of benzene rings is 1. The maximum atomic E-state index is 11.3. The summed E-state index contributed by atoms with van der Waals surface area (Å²) in [5.74, 6) is -1.16. The van der Waals surface area contributed by atoms with E-state index in [1.54, 1.807) is 6.92 Å². The Kier molecular flexibility index (Phi) is 3.65. The molecule has 0 spiro atoms. The molecule has 0 bridgehead atoms. The number of aromatic amines is 1. The molecule has 2 rings (SSSR count). The van der Waals surface area contributed by atoms with E-state index >= 15 is 0 Å². The quantitative estimate of drug-likeness (QED) is 0.643. The van der Waals surface area contributed by atoms with Gasteiger partial charge in [-0.3, -0.25) is 14.9 Å². The molecule has 108 valence electrons. The Bertz CT molecular complexity index is 783. The summed E-state index contributed by atoms with van der Waals surface area (Å²) in [5, 5.41) is 19.7. The van der Waals surface area contributed by atoms with Gasteiger partial charge >= 0.3 is 5.97 Å². The number of aromatic nitrogens is 2. The van der Waals surface area contributed by atoms with Gasteiger partial charge in [0.15, 0.2) is 0 Å². The number of aryl methyl sites for hydroxylation is 1. The Hall–Kier alpha value is -3.23.